The van der Waals surface area contributed by atoms with Gasteiger partial charge < -0.3 is 5.11 Å². The molecule has 0 aliphatic carbocycles. The molecule has 0 fully saturated rings. The van der Waals surface area contributed by atoms with Crippen molar-refractivity contribution in [2.24, 2.45) is 0 Å². The zero-order valence-electron chi connectivity index (χ0n) is 6.87. The molecule has 0 aliphatic heterocycles. The average molecular weight is 366 g/mol. The summed E-state index contributed by atoms with van der Waals surface area (Å²) in [5.74, 6) is -0.902. The smallest absolute Gasteiger partial charge is 0.335 e. The van der Waals surface area contributed by atoms with E-state index in [2.05, 4.69) is 38.8 Å². The second kappa shape index (κ2) is 3.54. The number of aromatic nitrogens is 1. The average Bonchev–Trinajstić information content (AvgIpc) is 2.42. The highest BCUT2D eigenvalue weighted by Gasteiger charge is 2.08. The van der Waals surface area contributed by atoms with Gasteiger partial charge in [-0.2, -0.15) is 0 Å². The summed E-state index contributed by atoms with van der Waals surface area (Å²) < 4.78 is 2.84. The summed E-state index contributed by atoms with van der Waals surface area (Å²) in [5, 5.41) is 9.84. The van der Waals surface area contributed by atoms with E-state index in [1.165, 1.54) is 0 Å². The van der Waals surface area contributed by atoms with Crippen LogP contribution < -0.4 is 0 Å². The standard InChI is InChI=1S/C9H5BrINO2/c10-7-4-12(11)8-3-5(9(13)14)1-2-6(7)8/h1-4H,(H,13,14). The summed E-state index contributed by atoms with van der Waals surface area (Å²) in [5.41, 5.74) is 1.21. The Balaban J connectivity index is 2.77. The maximum Gasteiger partial charge on any atom is 0.335 e. The zero-order chi connectivity index (χ0) is 10.3. The van der Waals surface area contributed by atoms with Crippen LogP contribution in [0.4, 0.5) is 0 Å². The molecule has 3 nitrogen and oxygen atoms in total. The van der Waals surface area contributed by atoms with Crippen molar-refractivity contribution < 1.29 is 9.90 Å². The van der Waals surface area contributed by atoms with Crippen LogP contribution in [0.2, 0.25) is 0 Å². The van der Waals surface area contributed by atoms with Crippen molar-refractivity contribution in [1.82, 2.24) is 2.78 Å². The topological polar surface area (TPSA) is 42.2 Å². The van der Waals surface area contributed by atoms with Gasteiger partial charge in [-0.1, -0.05) is 6.07 Å². The van der Waals surface area contributed by atoms with Gasteiger partial charge in [-0.25, -0.2) is 4.79 Å². The third-order valence-corrected chi connectivity index (χ3v) is 3.39. The van der Waals surface area contributed by atoms with Crippen molar-refractivity contribution in [3.05, 3.63) is 34.4 Å². The summed E-state index contributed by atoms with van der Waals surface area (Å²) >= 11 is 5.52. The lowest BCUT2D eigenvalue weighted by Gasteiger charge is -1.96. The van der Waals surface area contributed by atoms with Crippen LogP contribution in [0, 0.1) is 0 Å². The van der Waals surface area contributed by atoms with E-state index in [0.29, 0.717) is 5.56 Å². The van der Waals surface area contributed by atoms with Crippen molar-refractivity contribution >= 4 is 55.7 Å². The van der Waals surface area contributed by atoms with Gasteiger partial charge in [0.2, 0.25) is 0 Å². The van der Waals surface area contributed by atoms with Gasteiger partial charge in [-0.3, -0.25) is 2.78 Å². The number of aromatic carboxylic acids is 1. The highest BCUT2D eigenvalue weighted by Crippen LogP contribution is 2.28. The molecule has 0 saturated heterocycles. The Morgan fingerprint density at radius 1 is 1.50 bits per heavy atom. The first kappa shape index (κ1) is 9.97. The molecule has 72 valence electrons. The van der Waals surface area contributed by atoms with E-state index in [9.17, 15) is 4.79 Å². The molecule has 0 saturated carbocycles. The first-order chi connectivity index (χ1) is 6.59. The van der Waals surface area contributed by atoms with Crippen molar-refractivity contribution in [1.29, 1.82) is 0 Å². The Morgan fingerprint density at radius 3 is 2.86 bits per heavy atom. The Hall–Kier alpha value is -0.560. The second-order valence-electron chi connectivity index (χ2n) is 2.83. The highest BCUT2D eigenvalue weighted by molar-refractivity contribution is 14.1. The molecular formula is C9H5BrINO2. The maximum atomic E-state index is 10.7. The number of carbonyl (C=O) groups is 1. The summed E-state index contributed by atoms with van der Waals surface area (Å²) in [7, 11) is 0. The van der Waals surface area contributed by atoms with Crippen LogP contribution in [-0.2, 0) is 0 Å². The molecule has 2 rings (SSSR count). The molecule has 1 N–H and O–H groups in total. The van der Waals surface area contributed by atoms with Gasteiger partial charge in [0.1, 0.15) is 0 Å². The number of nitrogens with zero attached hydrogens (tertiary/aromatic N) is 1. The first-order valence-electron chi connectivity index (χ1n) is 3.79. The van der Waals surface area contributed by atoms with Crippen LogP contribution in [-0.4, -0.2) is 13.9 Å². The molecule has 0 amide bonds. The molecule has 14 heavy (non-hydrogen) atoms. The van der Waals surface area contributed by atoms with Gasteiger partial charge in [0.05, 0.1) is 33.9 Å². The van der Waals surface area contributed by atoms with Gasteiger partial charge in [-0.15, -0.1) is 0 Å². The molecular weight excluding hydrogens is 361 g/mol. The Kier molecular flexibility index (Phi) is 2.52. The van der Waals surface area contributed by atoms with Crippen LogP contribution >= 0.6 is 38.8 Å². The minimum atomic E-state index is -0.902. The van der Waals surface area contributed by atoms with E-state index in [1.807, 2.05) is 8.98 Å². The number of halogens is 2. The van der Waals surface area contributed by atoms with Crippen molar-refractivity contribution in [2.75, 3.05) is 0 Å². The van der Waals surface area contributed by atoms with Crippen LogP contribution in [0.15, 0.2) is 28.9 Å². The number of hydrogen-bond acceptors (Lipinski definition) is 1. The van der Waals surface area contributed by atoms with Crippen LogP contribution in [0.25, 0.3) is 10.9 Å². The highest BCUT2D eigenvalue weighted by atomic mass is 127. The fourth-order valence-corrected chi connectivity index (χ4v) is 2.88. The number of fused-ring (bicyclic) bond motifs is 1. The van der Waals surface area contributed by atoms with E-state index in [4.69, 9.17) is 5.11 Å². The SMILES string of the molecule is O=C(O)c1ccc2c(Br)cn(I)c2c1. The van der Waals surface area contributed by atoms with E-state index < -0.39 is 5.97 Å². The Morgan fingerprint density at radius 2 is 2.21 bits per heavy atom. The zero-order valence-corrected chi connectivity index (χ0v) is 10.6. The number of benzene rings is 1. The molecule has 0 unspecified atom stereocenters. The van der Waals surface area contributed by atoms with Crippen LogP contribution in [0.5, 0.6) is 0 Å². The van der Waals surface area contributed by atoms with Crippen molar-refractivity contribution in [2.45, 2.75) is 0 Å². The largest absolute Gasteiger partial charge is 0.478 e. The van der Waals surface area contributed by atoms with E-state index in [0.717, 1.165) is 15.4 Å². The third kappa shape index (κ3) is 1.54. The molecule has 1 aromatic carbocycles. The van der Waals surface area contributed by atoms with E-state index >= 15 is 0 Å². The van der Waals surface area contributed by atoms with Gasteiger partial charge in [0, 0.05) is 16.1 Å². The maximum absolute atomic E-state index is 10.7. The van der Waals surface area contributed by atoms with E-state index in [1.54, 1.807) is 18.2 Å². The molecule has 2 aromatic rings. The number of carboxylic acid groups (broad SMARTS) is 1. The number of hydrogen-bond donors (Lipinski definition) is 1. The summed E-state index contributed by atoms with van der Waals surface area (Å²) in [6.45, 7) is 0. The van der Waals surface area contributed by atoms with E-state index in [-0.39, 0.29) is 0 Å². The summed E-state index contributed by atoms with van der Waals surface area (Å²) in [6, 6.07) is 5.07. The predicted octanol–water partition coefficient (Wildman–Crippen LogP) is 3.30. The molecule has 0 radical (unpaired) electrons. The third-order valence-electron chi connectivity index (χ3n) is 1.96. The molecule has 1 heterocycles. The molecule has 0 atom stereocenters. The van der Waals surface area contributed by atoms with Crippen molar-refractivity contribution in [3.8, 4) is 0 Å². The lowest BCUT2D eigenvalue weighted by atomic mass is 10.2. The van der Waals surface area contributed by atoms with Crippen LogP contribution in [0.1, 0.15) is 10.4 Å². The van der Waals surface area contributed by atoms with Gasteiger partial charge in [0.15, 0.2) is 0 Å². The number of rotatable bonds is 1. The first-order valence-corrected chi connectivity index (χ1v) is 5.55. The monoisotopic (exact) mass is 365 g/mol. The summed E-state index contributed by atoms with van der Waals surface area (Å²) in [4.78, 5) is 10.7. The fourth-order valence-electron chi connectivity index (χ4n) is 1.28. The quantitative estimate of drug-likeness (QED) is 0.788. The van der Waals surface area contributed by atoms with Crippen molar-refractivity contribution in [3.63, 3.8) is 0 Å². The Labute approximate surface area is 102 Å². The predicted molar refractivity (Wildman–Crippen MR) is 66.0 cm³/mol. The molecule has 0 aliphatic rings. The minimum absolute atomic E-state index is 0.306. The molecule has 1 aromatic heterocycles. The van der Waals surface area contributed by atoms with Gasteiger partial charge in [0.25, 0.3) is 0 Å². The van der Waals surface area contributed by atoms with Gasteiger partial charge >= 0.3 is 5.97 Å². The van der Waals surface area contributed by atoms with Gasteiger partial charge in [-0.05, 0) is 28.1 Å². The Bertz CT molecular complexity index is 521. The fraction of sp³-hybridized carbons (Fsp3) is 0. The van der Waals surface area contributed by atoms with Crippen LogP contribution in [0.3, 0.4) is 0 Å². The second-order valence-corrected chi connectivity index (χ2v) is 4.72. The number of carboxylic acids is 1. The lowest BCUT2D eigenvalue weighted by Crippen LogP contribution is -1.95. The lowest BCUT2D eigenvalue weighted by molar-refractivity contribution is 0.0697. The normalized spacial score (nSPS) is 10.7. The minimum Gasteiger partial charge on any atom is -0.478 e. The molecule has 0 spiro atoms. The molecule has 0 bridgehead atoms. The summed E-state index contributed by atoms with van der Waals surface area (Å²) in [6.07, 6.45) is 1.90. The molecule has 5 heteroatoms.